The predicted octanol–water partition coefficient (Wildman–Crippen LogP) is 4.69. The van der Waals surface area contributed by atoms with Gasteiger partial charge in [-0.2, -0.15) is 0 Å². The first-order valence-electron chi connectivity index (χ1n) is 6.99. The Morgan fingerprint density at radius 3 is 2.43 bits per heavy atom. The fourth-order valence-electron chi connectivity index (χ4n) is 2.24. The summed E-state index contributed by atoms with van der Waals surface area (Å²) in [6, 6.07) is 19.1. The number of hydrogen-bond acceptors (Lipinski definition) is 2. The number of aryl methyl sites for hydroxylation is 1. The summed E-state index contributed by atoms with van der Waals surface area (Å²) >= 11 is 1.77. The van der Waals surface area contributed by atoms with Crippen LogP contribution in [0.4, 0.5) is 0 Å². The fourth-order valence-corrected chi connectivity index (χ4v) is 3.15. The van der Waals surface area contributed by atoms with E-state index in [4.69, 9.17) is 0 Å². The molecule has 2 nitrogen and oxygen atoms in total. The molecular formula is C18H18N2S. The van der Waals surface area contributed by atoms with Crippen LogP contribution in [0.1, 0.15) is 11.1 Å². The zero-order valence-corrected chi connectivity index (χ0v) is 13.1. The molecule has 0 radical (unpaired) electrons. The van der Waals surface area contributed by atoms with E-state index in [1.807, 2.05) is 12.3 Å². The number of rotatable bonds is 4. The fraction of sp³-hybridized carbons (Fsp3) is 0.167. The summed E-state index contributed by atoms with van der Waals surface area (Å²) in [4.78, 5) is 4.56. The molecule has 0 aliphatic heterocycles. The highest BCUT2D eigenvalue weighted by Gasteiger charge is 2.09. The van der Waals surface area contributed by atoms with E-state index >= 15 is 0 Å². The molecule has 0 aliphatic rings. The van der Waals surface area contributed by atoms with Crippen molar-refractivity contribution in [1.29, 1.82) is 0 Å². The topological polar surface area (TPSA) is 17.8 Å². The highest BCUT2D eigenvalue weighted by molar-refractivity contribution is 7.98. The Bertz CT molecular complexity index is 715. The van der Waals surface area contributed by atoms with E-state index in [0.717, 1.165) is 16.6 Å². The zero-order valence-electron chi connectivity index (χ0n) is 12.3. The SMILES string of the molecule is Cc1ccc(-c2cnc(SCc3ccccc3)n2C)cc1. The minimum atomic E-state index is 0.943. The molecule has 21 heavy (non-hydrogen) atoms. The van der Waals surface area contributed by atoms with Gasteiger partial charge >= 0.3 is 0 Å². The van der Waals surface area contributed by atoms with Crippen LogP contribution in [-0.4, -0.2) is 9.55 Å². The Labute approximate surface area is 129 Å². The Morgan fingerprint density at radius 2 is 1.71 bits per heavy atom. The van der Waals surface area contributed by atoms with Crippen molar-refractivity contribution in [3.63, 3.8) is 0 Å². The first kappa shape index (κ1) is 14.0. The lowest BCUT2D eigenvalue weighted by molar-refractivity contribution is 0.796. The van der Waals surface area contributed by atoms with Crippen molar-refractivity contribution in [2.75, 3.05) is 0 Å². The molecule has 1 heterocycles. The van der Waals surface area contributed by atoms with Gasteiger partial charge in [0.25, 0.3) is 0 Å². The van der Waals surface area contributed by atoms with Gasteiger partial charge in [0.05, 0.1) is 11.9 Å². The number of aromatic nitrogens is 2. The van der Waals surface area contributed by atoms with Gasteiger partial charge in [-0.25, -0.2) is 4.98 Å². The van der Waals surface area contributed by atoms with Crippen molar-refractivity contribution >= 4 is 11.8 Å². The lowest BCUT2D eigenvalue weighted by atomic mass is 10.1. The third kappa shape index (κ3) is 3.19. The molecule has 3 rings (SSSR count). The maximum Gasteiger partial charge on any atom is 0.168 e. The average Bonchev–Trinajstić information content (AvgIpc) is 2.88. The summed E-state index contributed by atoms with van der Waals surface area (Å²) in [6.45, 7) is 2.11. The van der Waals surface area contributed by atoms with Gasteiger partial charge in [-0.1, -0.05) is 71.9 Å². The second-order valence-electron chi connectivity index (χ2n) is 5.13. The van der Waals surface area contributed by atoms with Crippen molar-refractivity contribution in [3.05, 3.63) is 71.9 Å². The molecule has 0 unspecified atom stereocenters. The van der Waals surface area contributed by atoms with Crippen LogP contribution >= 0.6 is 11.8 Å². The van der Waals surface area contributed by atoms with E-state index in [0.29, 0.717) is 0 Å². The van der Waals surface area contributed by atoms with Gasteiger partial charge in [0, 0.05) is 12.8 Å². The van der Waals surface area contributed by atoms with Crippen LogP contribution < -0.4 is 0 Å². The average molecular weight is 294 g/mol. The van der Waals surface area contributed by atoms with E-state index < -0.39 is 0 Å². The van der Waals surface area contributed by atoms with E-state index in [1.165, 1.54) is 16.7 Å². The number of benzene rings is 2. The van der Waals surface area contributed by atoms with Crippen LogP contribution in [0.2, 0.25) is 0 Å². The molecule has 0 N–H and O–H groups in total. The highest BCUT2D eigenvalue weighted by Crippen LogP contribution is 2.27. The first-order valence-corrected chi connectivity index (χ1v) is 7.98. The maximum atomic E-state index is 4.56. The standard InChI is InChI=1S/C18H18N2S/c1-14-8-10-16(11-9-14)17-12-19-18(20(17)2)21-13-15-6-4-3-5-7-15/h3-12H,13H2,1-2H3. The van der Waals surface area contributed by atoms with Crippen LogP contribution in [0.3, 0.4) is 0 Å². The van der Waals surface area contributed by atoms with Gasteiger partial charge in [-0.15, -0.1) is 0 Å². The minimum absolute atomic E-state index is 0.943. The van der Waals surface area contributed by atoms with E-state index in [1.54, 1.807) is 11.8 Å². The Balaban J connectivity index is 1.78. The van der Waals surface area contributed by atoms with E-state index in [2.05, 4.69) is 72.1 Å². The Morgan fingerprint density at radius 1 is 1.00 bits per heavy atom. The monoisotopic (exact) mass is 294 g/mol. The summed E-state index contributed by atoms with van der Waals surface area (Å²) < 4.78 is 2.16. The van der Waals surface area contributed by atoms with Gasteiger partial charge in [0.1, 0.15) is 0 Å². The summed E-state index contributed by atoms with van der Waals surface area (Å²) in [7, 11) is 2.08. The molecule has 0 saturated heterocycles. The van der Waals surface area contributed by atoms with Crippen LogP contribution in [0.15, 0.2) is 66.0 Å². The quantitative estimate of drug-likeness (QED) is 0.650. The molecule has 0 spiro atoms. The van der Waals surface area contributed by atoms with E-state index in [-0.39, 0.29) is 0 Å². The molecule has 0 atom stereocenters. The maximum absolute atomic E-state index is 4.56. The minimum Gasteiger partial charge on any atom is -0.322 e. The van der Waals surface area contributed by atoms with Crippen molar-refractivity contribution < 1.29 is 0 Å². The summed E-state index contributed by atoms with van der Waals surface area (Å²) in [6.07, 6.45) is 1.96. The summed E-state index contributed by atoms with van der Waals surface area (Å²) in [5, 5.41) is 1.05. The Hall–Kier alpha value is -2.00. The summed E-state index contributed by atoms with van der Waals surface area (Å²) in [5.41, 5.74) is 4.97. The zero-order chi connectivity index (χ0) is 14.7. The highest BCUT2D eigenvalue weighted by atomic mass is 32.2. The molecule has 2 aromatic carbocycles. The molecule has 0 aliphatic carbocycles. The second kappa shape index (κ2) is 6.19. The summed E-state index contributed by atoms with van der Waals surface area (Å²) in [5.74, 6) is 0.943. The molecule has 0 saturated carbocycles. The molecule has 3 heteroatoms. The van der Waals surface area contributed by atoms with Gasteiger partial charge in [0.2, 0.25) is 0 Å². The molecule has 106 valence electrons. The van der Waals surface area contributed by atoms with Crippen LogP contribution in [0.25, 0.3) is 11.3 Å². The van der Waals surface area contributed by atoms with Crippen LogP contribution in [0, 0.1) is 6.92 Å². The third-order valence-electron chi connectivity index (χ3n) is 3.50. The Kier molecular flexibility index (Phi) is 4.11. The smallest absolute Gasteiger partial charge is 0.168 e. The number of imidazole rings is 1. The third-order valence-corrected chi connectivity index (χ3v) is 4.62. The van der Waals surface area contributed by atoms with Crippen molar-refractivity contribution in [1.82, 2.24) is 9.55 Å². The van der Waals surface area contributed by atoms with Gasteiger partial charge in [-0.05, 0) is 18.1 Å². The largest absolute Gasteiger partial charge is 0.322 e. The van der Waals surface area contributed by atoms with Crippen LogP contribution in [0.5, 0.6) is 0 Å². The lowest BCUT2D eigenvalue weighted by Crippen LogP contribution is -1.94. The van der Waals surface area contributed by atoms with Gasteiger partial charge in [-0.3, -0.25) is 0 Å². The molecular weight excluding hydrogens is 276 g/mol. The normalized spacial score (nSPS) is 10.8. The van der Waals surface area contributed by atoms with E-state index in [9.17, 15) is 0 Å². The molecule has 0 amide bonds. The number of nitrogens with zero attached hydrogens (tertiary/aromatic N) is 2. The second-order valence-corrected chi connectivity index (χ2v) is 6.07. The van der Waals surface area contributed by atoms with Crippen molar-refractivity contribution in [3.8, 4) is 11.3 Å². The molecule has 1 aromatic heterocycles. The van der Waals surface area contributed by atoms with Crippen LogP contribution in [-0.2, 0) is 12.8 Å². The lowest BCUT2D eigenvalue weighted by Gasteiger charge is -2.06. The number of hydrogen-bond donors (Lipinski definition) is 0. The molecule has 0 bridgehead atoms. The number of thioether (sulfide) groups is 1. The first-order chi connectivity index (χ1) is 10.2. The van der Waals surface area contributed by atoms with Gasteiger partial charge < -0.3 is 4.57 Å². The predicted molar refractivity (Wildman–Crippen MR) is 89.4 cm³/mol. The van der Waals surface area contributed by atoms with Crippen molar-refractivity contribution in [2.45, 2.75) is 17.8 Å². The molecule has 0 fully saturated rings. The van der Waals surface area contributed by atoms with Crippen molar-refractivity contribution in [2.24, 2.45) is 7.05 Å². The molecule has 3 aromatic rings. The van der Waals surface area contributed by atoms with Gasteiger partial charge in [0.15, 0.2) is 5.16 Å².